The average Bonchev–Trinajstić information content (AvgIpc) is 2.65. The van der Waals surface area contributed by atoms with E-state index in [2.05, 4.69) is 17.2 Å². The van der Waals surface area contributed by atoms with E-state index in [1.54, 1.807) is 0 Å². The molecule has 0 aliphatic rings. The standard InChI is InChI=1S/C15H21N3O/c1-5-6-10(2)16-15(19)12-7-8-14-13(9-12)17-11(3)18(14)4/h7-10H,5-6H2,1-4H3,(H,16,19). The zero-order valence-electron chi connectivity index (χ0n) is 12.0. The number of hydrogen-bond acceptors (Lipinski definition) is 2. The van der Waals surface area contributed by atoms with Gasteiger partial charge in [-0.25, -0.2) is 4.98 Å². The van der Waals surface area contributed by atoms with Gasteiger partial charge in [-0.2, -0.15) is 0 Å². The molecule has 0 bridgehead atoms. The molecule has 0 aliphatic heterocycles. The Morgan fingerprint density at radius 2 is 2.21 bits per heavy atom. The van der Waals surface area contributed by atoms with Crippen LogP contribution in [0.4, 0.5) is 0 Å². The van der Waals surface area contributed by atoms with Crippen LogP contribution in [0.5, 0.6) is 0 Å². The molecular weight excluding hydrogens is 238 g/mol. The summed E-state index contributed by atoms with van der Waals surface area (Å²) in [4.78, 5) is 16.6. The Morgan fingerprint density at radius 1 is 1.47 bits per heavy atom. The first kappa shape index (κ1) is 13.6. The van der Waals surface area contributed by atoms with Crippen LogP contribution in [0.15, 0.2) is 18.2 Å². The summed E-state index contributed by atoms with van der Waals surface area (Å²) in [7, 11) is 1.98. The second-order valence-corrected chi connectivity index (χ2v) is 5.08. The molecule has 1 amide bonds. The predicted octanol–water partition coefficient (Wildman–Crippen LogP) is 2.80. The van der Waals surface area contributed by atoms with Gasteiger partial charge in [0.25, 0.3) is 5.91 Å². The van der Waals surface area contributed by atoms with Gasteiger partial charge in [-0.05, 0) is 38.5 Å². The van der Waals surface area contributed by atoms with E-state index in [1.807, 2.05) is 43.7 Å². The lowest BCUT2D eigenvalue weighted by Gasteiger charge is -2.12. The van der Waals surface area contributed by atoms with Crippen LogP contribution in [0.3, 0.4) is 0 Å². The minimum atomic E-state index is -0.0221. The first-order valence-corrected chi connectivity index (χ1v) is 6.77. The summed E-state index contributed by atoms with van der Waals surface area (Å²) in [6, 6.07) is 5.88. The maximum absolute atomic E-state index is 12.1. The third kappa shape index (κ3) is 2.78. The number of benzene rings is 1. The van der Waals surface area contributed by atoms with Crippen LogP contribution in [0.2, 0.25) is 0 Å². The fourth-order valence-electron chi connectivity index (χ4n) is 2.27. The molecule has 0 radical (unpaired) electrons. The number of carbonyl (C=O) groups is 1. The van der Waals surface area contributed by atoms with E-state index < -0.39 is 0 Å². The van der Waals surface area contributed by atoms with Crippen molar-refractivity contribution in [1.29, 1.82) is 0 Å². The number of fused-ring (bicyclic) bond motifs is 1. The fraction of sp³-hybridized carbons (Fsp3) is 0.467. The Labute approximate surface area is 113 Å². The molecule has 1 unspecified atom stereocenters. The van der Waals surface area contributed by atoms with E-state index in [1.165, 1.54) is 0 Å². The summed E-state index contributed by atoms with van der Waals surface area (Å²) in [5.74, 6) is 0.929. The fourth-order valence-corrected chi connectivity index (χ4v) is 2.27. The van der Waals surface area contributed by atoms with Crippen LogP contribution in [0, 0.1) is 6.92 Å². The first-order chi connectivity index (χ1) is 9.02. The molecule has 0 fully saturated rings. The van der Waals surface area contributed by atoms with Crippen molar-refractivity contribution in [3.05, 3.63) is 29.6 Å². The van der Waals surface area contributed by atoms with E-state index in [9.17, 15) is 4.79 Å². The van der Waals surface area contributed by atoms with Crippen LogP contribution >= 0.6 is 0 Å². The van der Waals surface area contributed by atoms with Crippen molar-refractivity contribution >= 4 is 16.9 Å². The van der Waals surface area contributed by atoms with E-state index in [-0.39, 0.29) is 11.9 Å². The van der Waals surface area contributed by atoms with Gasteiger partial charge in [0, 0.05) is 18.7 Å². The number of aromatic nitrogens is 2. The third-order valence-corrected chi connectivity index (χ3v) is 3.47. The quantitative estimate of drug-likeness (QED) is 0.917. The highest BCUT2D eigenvalue weighted by Crippen LogP contribution is 2.16. The van der Waals surface area contributed by atoms with Crippen molar-refractivity contribution in [2.75, 3.05) is 0 Å². The molecule has 1 atom stereocenters. The molecule has 102 valence electrons. The number of imidazole rings is 1. The molecule has 2 aromatic rings. The predicted molar refractivity (Wildman–Crippen MR) is 77.3 cm³/mol. The number of hydrogen-bond donors (Lipinski definition) is 1. The molecule has 2 rings (SSSR count). The molecule has 0 spiro atoms. The molecule has 0 saturated carbocycles. The van der Waals surface area contributed by atoms with Gasteiger partial charge in [0.1, 0.15) is 5.82 Å². The number of nitrogens with one attached hydrogen (secondary N) is 1. The monoisotopic (exact) mass is 259 g/mol. The number of aryl methyl sites for hydroxylation is 2. The number of rotatable bonds is 4. The number of carbonyl (C=O) groups excluding carboxylic acids is 1. The Bertz CT molecular complexity index is 601. The smallest absolute Gasteiger partial charge is 0.251 e. The van der Waals surface area contributed by atoms with Crippen molar-refractivity contribution in [1.82, 2.24) is 14.9 Å². The van der Waals surface area contributed by atoms with Crippen LogP contribution in [-0.2, 0) is 7.05 Å². The Kier molecular flexibility index (Phi) is 3.88. The molecule has 1 aromatic carbocycles. The third-order valence-electron chi connectivity index (χ3n) is 3.47. The van der Waals surface area contributed by atoms with Gasteiger partial charge >= 0.3 is 0 Å². The van der Waals surface area contributed by atoms with Crippen molar-refractivity contribution in [3.8, 4) is 0 Å². The summed E-state index contributed by atoms with van der Waals surface area (Å²) >= 11 is 0. The normalized spacial score (nSPS) is 12.6. The molecule has 1 heterocycles. The van der Waals surface area contributed by atoms with Crippen LogP contribution in [0.1, 0.15) is 42.9 Å². The van der Waals surface area contributed by atoms with Gasteiger partial charge in [0.15, 0.2) is 0 Å². The summed E-state index contributed by atoms with van der Waals surface area (Å²) in [5, 5.41) is 3.01. The molecule has 0 saturated heterocycles. The van der Waals surface area contributed by atoms with Gasteiger partial charge in [-0.1, -0.05) is 13.3 Å². The molecule has 1 aromatic heterocycles. The van der Waals surface area contributed by atoms with Gasteiger partial charge < -0.3 is 9.88 Å². The second-order valence-electron chi connectivity index (χ2n) is 5.08. The van der Waals surface area contributed by atoms with Gasteiger partial charge in [-0.15, -0.1) is 0 Å². The van der Waals surface area contributed by atoms with Crippen LogP contribution in [-0.4, -0.2) is 21.5 Å². The van der Waals surface area contributed by atoms with Crippen molar-refractivity contribution in [2.24, 2.45) is 7.05 Å². The van der Waals surface area contributed by atoms with E-state index in [0.717, 1.165) is 29.7 Å². The lowest BCUT2D eigenvalue weighted by molar-refractivity contribution is 0.0938. The largest absolute Gasteiger partial charge is 0.350 e. The summed E-state index contributed by atoms with van der Waals surface area (Å²) in [6.07, 6.45) is 2.07. The maximum atomic E-state index is 12.1. The van der Waals surface area contributed by atoms with Crippen LogP contribution in [0.25, 0.3) is 11.0 Å². The minimum Gasteiger partial charge on any atom is -0.350 e. The zero-order chi connectivity index (χ0) is 14.0. The van der Waals surface area contributed by atoms with Crippen molar-refractivity contribution < 1.29 is 4.79 Å². The molecule has 4 heteroatoms. The van der Waals surface area contributed by atoms with Crippen molar-refractivity contribution in [2.45, 2.75) is 39.7 Å². The van der Waals surface area contributed by atoms with E-state index in [4.69, 9.17) is 0 Å². The molecule has 4 nitrogen and oxygen atoms in total. The Balaban J connectivity index is 2.23. The van der Waals surface area contributed by atoms with E-state index in [0.29, 0.717) is 5.56 Å². The van der Waals surface area contributed by atoms with Gasteiger partial charge in [0.05, 0.1) is 11.0 Å². The maximum Gasteiger partial charge on any atom is 0.251 e. The van der Waals surface area contributed by atoms with Gasteiger partial charge in [-0.3, -0.25) is 4.79 Å². The van der Waals surface area contributed by atoms with Gasteiger partial charge in [0.2, 0.25) is 0 Å². The summed E-state index contributed by atoms with van der Waals surface area (Å²) in [6.45, 7) is 6.11. The lowest BCUT2D eigenvalue weighted by atomic mass is 10.1. The highest BCUT2D eigenvalue weighted by molar-refractivity contribution is 5.97. The second kappa shape index (κ2) is 5.43. The zero-order valence-corrected chi connectivity index (χ0v) is 12.0. The Hall–Kier alpha value is -1.84. The average molecular weight is 259 g/mol. The first-order valence-electron chi connectivity index (χ1n) is 6.77. The van der Waals surface area contributed by atoms with Crippen LogP contribution < -0.4 is 5.32 Å². The Morgan fingerprint density at radius 3 is 2.89 bits per heavy atom. The molecule has 19 heavy (non-hydrogen) atoms. The summed E-state index contributed by atoms with van der Waals surface area (Å²) < 4.78 is 2.02. The highest BCUT2D eigenvalue weighted by Gasteiger charge is 2.11. The van der Waals surface area contributed by atoms with Crippen molar-refractivity contribution in [3.63, 3.8) is 0 Å². The summed E-state index contributed by atoms with van der Waals surface area (Å²) in [5.41, 5.74) is 2.60. The number of nitrogens with zero attached hydrogens (tertiary/aromatic N) is 2. The van der Waals surface area contributed by atoms with E-state index >= 15 is 0 Å². The molecular formula is C15H21N3O. The topological polar surface area (TPSA) is 46.9 Å². The minimum absolute atomic E-state index is 0.0221. The SMILES string of the molecule is CCCC(C)NC(=O)c1ccc2c(c1)nc(C)n2C. The lowest BCUT2D eigenvalue weighted by Crippen LogP contribution is -2.32. The number of amides is 1. The molecule has 0 aliphatic carbocycles. The highest BCUT2D eigenvalue weighted by atomic mass is 16.1. The molecule has 1 N–H and O–H groups in total.